The summed E-state index contributed by atoms with van der Waals surface area (Å²) in [4.78, 5) is 26.9. The molecule has 2 amide bonds. The van der Waals surface area contributed by atoms with Crippen molar-refractivity contribution in [1.29, 1.82) is 0 Å². The number of hydrogen-bond donors (Lipinski definition) is 1. The van der Waals surface area contributed by atoms with E-state index in [1.54, 1.807) is 43.3 Å². The molecule has 0 aromatic heterocycles. The van der Waals surface area contributed by atoms with E-state index in [0.29, 0.717) is 32.7 Å². The van der Waals surface area contributed by atoms with Crippen molar-refractivity contribution in [3.05, 3.63) is 68.7 Å². The topological polar surface area (TPSA) is 49.4 Å². The lowest BCUT2D eigenvalue weighted by Gasteiger charge is -2.29. The maximum atomic E-state index is 13.0. The van der Waals surface area contributed by atoms with E-state index < -0.39 is 6.04 Å². The van der Waals surface area contributed by atoms with E-state index in [2.05, 4.69) is 5.32 Å². The Morgan fingerprint density at radius 3 is 2.19 bits per heavy atom. The summed E-state index contributed by atoms with van der Waals surface area (Å²) in [5.74, 6) is -0.481. The highest BCUT2D eigenvalue weighted by Crippen LogP contribution is 2.27. The first-order valence-electron chi connectivity index (χ1n) is 8.58. The highest BCUT2D eigenvalue weighted by atomic mass is 35.5. The van der Waals surface area contributed by atoms with Gasteiger partial charge in [-0.1, -0.05) is 59.1 Å². The van der Waals surface area contributed by atoms with Crippen LogP contribution in [-0.2, 0) is 22.6 Å². The zero-order chi connectivity index (χ0) is 20.0. The molecule has 2 rings (SSSR count). The third-order valence-corrected chi connectivity index (χ3v) is 5.28. The number of nitrogens with zero attached hydrogens (tertiary/aromatic N) is 1. The Bertz CT molecular complexity index is 806. The largest absolute Gasteiger partial charge is 0.355 e. The summed E-state index contributed by atoms with van der Waals surface area (Å²) < 4.78 is 0. The van der Waals surface area contributed by atoms with E-state index in [-0.39, 0.29) is 24.8 Å². The second kappa shape index (κ2) is 9.98. The average molecular weight is 428 g/mol. The molecule has 1 N–H and O–H groups in total. The Kier molecular flexibility index (Phi) is 7.96. The summed E-state index contributed by atoms with van der Waals surface area (Å²) in [6.07, 6.45) is 0.0749. The fourth-order valence-corrected chi connectivity index (χ4v) is 3.38. The molecule has 0 radical (unpaired) electrons. The lowest BCUT2D eigenvalue weighted by molar-refractivity contribution is -0.140. The molecule has 0 unspecified atom stereocenters. The van der Waals surface area contributed by atoms with E-state index in [1.807, 2.05) is 13.0 Å². The molecule has 144 valence electrons. The molecule has 1 atom stereocenters. The molecule has 0 spiro atoms. The van der Waals surface area contributed by atoms with Crippen LogP contribution in [0.15, 0.2) is 42.5 Å². The van der Waals surface area contributed by atoms with E-state index in [4.69, 9.17) is 34.8 Å². The summed E-state index contributed by atoms with van der Waals surface area (Å²) in [6.45, 7) is 4.11. The highest BCUT2D eigenvalue weighted by Gasteiger charge is 2.27. The van der Waals surface area contributed by atoms with E-state index in [0.717, 1.165) is 0 Å². The molecule has 4 nitrogen and oxygen atoms in total. The number of nitrogens with one attached hydrogen (secondary N) is 1. The van der Waals surface area contributed by atoms with Crippen molar-refractivity contribution in [1.82, 2.24) is 10.2 Å². The fourth-order valence-electron chi connectivity index (χ4n) is 2.66. The van der Waals surface area contributed by atoms with Crippen molar-refractivity contribution in [2.75, 3.05) is 6.54 Å². The predicted octanol–water partition coefficient (Wildman–Crippen LogP) is 4.74. The first-order valence-corrected chi connectivity index (χ1v) is 9.72. The second-order valence-electron chi connectivity index (χ2n) is 6.06. The third-order valence-electron chi connectivity index (χ3n) is 4.21. The maximum absolute atomic E-state index is 13.0. The van der Waals surface area contributed by atoms with Crippen LogP contribution in [0.4, 0.5) is 0 Å². The maximum Gasteiger partial charge on any atom is 0.242 e. The van der Waals surface area contributed by atoms with Crippen molar-refractivity contribution >= 4 is 46.6 Å². The minimum atomic E-state index is -0.688. The molecule has 0 fully saturated rings. The molecule has 0 bridgehead atoms. The molecule has 0 saturated heterocycles. The SMILES string of the molecule is CCNC(=O)[C@H](C)N(Cc1c(Cl)cccc1Cl)C(=O)Cc1ccccc1Cl. The number of carbonyl (C=O) groups is 2. The van der Waals surface area contributed by atoms with E-state index in [1.165, 1.54) is 4.90 Å². The van der Waals surface area contributed by atoms with Crippen LogP contribution in [-0.4, -0.2) is 29.3 Å². The van der Waals surface area contributed by atoms with Gasteiger partial charge in [-0.2, -0.15) is 0 Å². The predicted molar refractivity (Wildman–Crippen MR) is 110 cm³/mol. The van der Waals surface area contributed by atoms with Gasteiger partial charge in [0.15, 0.2) is 0 Å². The highest BCUT2D eigenvalue weighted by molar-refractivity contribution is 6.36. The van der Waals surface area contributed by atoms with Gasteiger partial charge in [-0.05, 0) is 37.6 Å². The number of hydrogen-bond acceptors (Lipinski definition) is 2. The third kappa shape index (κ3) is 5.61. The van der Waals surface area contributed by atoms with Gasteiger partial charge in [0.25, 0.3) is 0 Å². The summed E-state index contributed by atoms with van der Waals surface area (Å²) in [7, 11) is 0. The van der Waals surface area contributed by atoms with Crippen molar-refractivity contribution in [2.45, 2.75) is 32.9 Å². The van der Waals surface area contributed by atoms with Gasteiger partial charge in [0.1, 0.15) is 6.04 Å². The molecule has 0 heterocycles. The van der Waals surface area contributed by atoms with Gasteiger partial charge < -0.3 is 10.2 Å². The van der Waals surface area contributed by atoms with Crippen LogP contribution in [0.2, 0.25) is 15.1 Å². The lowest BCUT2D eigenvalue weighted by atomic mass is 10.1. The number of amides is 2. The molecule has 2 aromatic rings. The number of likely N-dealkylation sites (N-methyl/N-ethyl adjacent to an activating group) is 1. The quantitative estimate of drug-likeness (QED) is 0.693. The fraction of sp³-hybridized carbons (Fsp3) is 0.300. The molecule has 0 aliphatic carbocycles. The van der Waals surface area contributed by atoms with Crippen molar-refractivity contribution in [3.63, 3.8) is 0 Å². The number of halogens is 3. The van der Waals surface area contributed by atoms with Crippen molar-refractivity contribution in [3.8, 4) is 0 Å². The van der Waals surface area contributed by atoms with E-state index >= 15 is 0 Å². The van der Waals surface area contributed by atoms with Crippen LogP contribution in [0.3, 0.4) is 0 Å². The number of carbonyl (C=O) groups excluding carboxylic acids is 2. The normalized spacial score (nSPS) is 11.7. The first-order chi connectivity index (χ1) is 12.8. The molecule has 7 heteroatoms. The summed E-state index contributed by atoms with van der Waals surface area (Å²) in [6, 6.07) is 11.6. The van der Waals surface area contributed by atoms with Crippen LogP contribution in [0.25, 0.3) is 0 Å². The Balaban J connectivity index is 2.32. The summed E-state index contributed by atoms with van der Waals surface area (Å²) >= 11 is 18.7. The van der Waals surface area contributed by atoms with Crippen molar-refractivity contribution < 1.29 is 9.59 Å². The number of benzene rings is 2. The Morgan fingerprint density at radius 1 is 1.00 bits per heavy atom. The van der Waals surface area contributed by atoms with Gasteiger partial charge in [0.2, 0.25) is 11.8 Å². The summed E-state index contributed by atoms with van der Waals surface area (Å²) in [5.41, 5.74) is 1.30. The van der Waals surface area contributed by atoms with E-state index in [9.17, 15) is 9.59 Å². The van der Waals surface area contributed by atoms with Crippen LogP contribution >= 0.6 is 34.8 Å². The Hall–Kier alpha value is -1.75. The minimum Gasteiger partial charge on any atom is -0.355 e. The number of rotatable bonds is 7. The van der Waals surface area contributed by atoms with Gasteiger partial charge in [-0.3, -0.25) is 9.59 Å². The van der Waals surface area contributed by atoms with Gasteiger partial charge in [0.05, 0.1) is 6.42 Å². The van der Waals surface area contributed by atoms with Gasteiger partial charge >= 0.3 is 0 Å². The van der Waals surface area contributed by atoms with Gasteiger partial charge in [0, 0.05) is 33.7 Å². The van der Waals surface area contributed by atoms with Gasteiger partial charge in [-0.25, -0.2) is 0 Å². The monoisotopic (exact) mass is 426 g/mol. The smallest absolute Gasteiger partial charge is 0.242 e. The van der Waals surface area contributed by atoms with Crippen LogP contribution in [0, 0.1) is 0 Å². The molecular weight excluding hydrogens is 407 g/mol. The molecule has 0 saturated carbocycles. The first kappa shape index (κ1) is 21.5. The second-order valence-corrected chi connectivity index (χ2v) is 7.28. The van der Waals surface area contributed by atoms with Crippen LogP contribution < -0.4 is 5.32 Å². The minimum absolute atomic E-state index is 0.0749. The summed E-state index contributed by atoms with van der Waals surface area (Å²) in [5, 5.41) is 4.14. The molecule has 27 heavy (non-hydrogen) atoms. The molecule has 2 aromatic carbocycles. The molecule has 0 aliphatic rings. The Labute approximate surface area is 174 Å². The molecular formula is C20H21Cl3N2O2. The Morgan fingerprint density at radius 2 is 1.59 bits per heavy atom. The van der Waals surface area contributed by atoms with Crippen molar-refractivity contribution in [2.24, 2.45) is 0 Å². The lowest BCUT2D eigenvalue weighted by Crippen LogP contribution is -2.48. The zero-order valence-corrected chi connectivity index (χ0v) is 17.4. The standard InChI is InChI=1S/C20H21Cl3N2O2/c1-3-24-20(27)13(2)25(12-15-17(22)9-6-10-18(15)23)19(26)11-14-7-4-5-8-16(14)21/h4-10,13H,3,11-12H2,1-2H3,(H,24,27)/t13-/m0/s1. The van der Waals surface area contributed by atoms with Gasteiger partial charge in [-0.15, -0.1) is 0 Å². The zero-order valence-electron chi connectivity index (χ0n) is 15.1. The van der Waals surface area contributed by atoms with Crippen LogP contribution in [0.1, 0.15) is 25.0 Å². The molecule has 0 aliphatic heterocycles. The van der Waals surface area contributed by atoms with Crippen LogP contribution in [0.5, 0.6) is 0 Å². The average Bonchev–Trinajstić information content (AvgIpc) is 2.63.